The third-order valence-electron chi connectivity index (χ3n) is 3.13. The maximum atomic E-state index is 5.85. The number of pyridine rings is 1. The van der Waals surface area contributed by atoms with Crippen molar-refractivity contribution in [3.05, 3.63) is 60.6 Å². The fraction of sp³-hybridized carbons (Fsp3) is 0.0625. The number of nitrogens with zero attached hydrogens (tertiary/aromatic N) is 3. The lowest BCUT2D eigenvalue weighted by molar-refractivity contribution is 1.17. The molecule has 20 heavy (non-hydrogen) atoms. The molecule has 0 fully saturated rings. The minimum atomic E-state index is 0.684. The predicted molar refractivity (Wildman–Crippen MR) is 79.8 cm³/mol. The van der Waals surface area contributed by atoms with Gasteiger partial charge in [0.2, 0.25) is 0 Å². The van der Waals surface area contributed by atoms with E-state index in [-0.39, 0.29) is 0 Å². The quantitative estimate of drug-likeness (QED) is 0.721. The average molecular weight is 262 g/mol. The van der Waals surface area contributed by atoms with Crippen LogP contribution in [0.25, 0.3) is 22.6 Å². The molecular formula is C16H14N4. The maximum Gasteiger partial charge on any atom is 0.160 e. The molecule has 0 radical (unpaired) electrons. The van der Waals surface area contributed by atoms with Crippen LogP contribution < -0.4 is 5.73 Å². The van der Waals surface area contributed by atoms with Gasteiger partial charge in [0.1, 0.15) is 0 Å². The highest BCUT2D eigenvalue weighted by Gasteiger charge is 2.07. The van der Waals surface area contributed by atoms with Gasteiger partial charge < -0.3 is 5.73 Å². The average Bonchev–Trinajstić information content (AvgIpc) is 2.51. The first-order chi connectivity index (χ1) is 9.74. The van der Waals surface area contributed by atoms with E-state index in [9.17, 15) is 0 Å². The van der Waals surface area contributed by atoms with Crippen LogP contribution in [0.5, 0.6) is 0 Å². The summed E-state index contributed by atoms with van der Waals surface area (Å²) in [6.07, 6.45) is 5.27. The fourth-order valence-electron chi connectivity index (χ4n) is 2.05. The molecule has 2 heterocycles. The van der Waals surface area contributed by atoms with E-state index in [4.69, 9.17) is 5.73 Å². The van der Waals surface area contributed by atoms with Crippen LogP contribution >= 0.6 is 0 Å². The number of nitrogen functional groups attached to an aromatic ring is 1. The number of benzene rings is 1. The normalized spacial score (nSPS) is 10.4. The third kappa shape index (κ3) is 2.36. The van der Waals surface area contributed by atoms with Crippen molar-refractivity contribution < 1.29 is 0 Å². The first-order valence-corrected chi connectivity index (χ1v) is 6.34. The predicted octanol–water partition coefficient (Wildman–Crippen LogP) is 3.10. The number of anilines is 1. The number of nitrogens with two attached hydrogens (primary N) is 1. The Hall–Kier alpha value is -2.75. The van der Waals surface area contributed by atoms with E-state index < -0.39 is 0 Å². The van der Waals surface area contributed by atoms with E-state index in [1.165, 1.54) is 0 Å². The summed E-state index contributed by atoms with van der Waals surface area (Å²) in [5.41, 5.74) is 10.5. The highest BCUT2D eigenvalue weighted by molar-refractivity contribution is 5.68. The molecule has 0 unspecified atom stereocenters. The number of aryl methyl sites for hydroxylation is 1. The second-order valence-corrected chi connectivity index (χ2v) is 4.58. The molecule has 0 aliphatic rings. The monoisotopic (exact) mass is 262 g/mol. The van der Waals surface area contributed by atoms with Crippen LogP contribution in [0.3, 0.4) is 0 Å². The van der Waals surface area contributed by atoms with Crippen LogP contribution in [0.2, 0.25) is 0 Å². The standard InChI is InChI=1S/C16H14N4/c1-11-2-3-13(17)10-14(11)16-19-9-6-15(20-16)12-4-7-18-8-5-12/h2-10H,17H2,1H3. The Morgan fingerprint density at radius 1 is 0.950 bits per heavy atom. The van der Waals surface area contributed by atoms with Crippen molar-refractivity contribution in [1.82, 2.24) is 15.0 Å². The molecule has 0 atom stereocenters. The van der Waals surface area contributed by atoms with Gasteiger partial charge in [0.15, 0.2) is 5.82 Å². The van der Waals surface area contributed by atoms with E-state index in [1.54, 1.807) is 18.6 Å². The van der Waals surface area contributed by atoms with Crippen molar-refractivity contribution in [2.24, 2.45) is 0 Å². The van der Waals surface area contributed by atoms with Crippen molar-refractivity contribution in [1.29, 1.82) is 0 Å². The fourth-order valence-corrected chi connectivity index (χ4v) is 2.05. The maximum absolute atomic E-state index is 5.85. The van der Waals surface area contributed by atoms with Gasteiger partial charge in [-0.15, -0.1) is 0 Å². The molecule has 3 rings (SSSR count). The Kier molecular flexibility index (Phi) is 3.13. The van der Waals surface area contributed by atoms with E-state index in [0.717, 1.165) is 22.4 Å². The Morgan fingerprint density at radius 2 is 1.75 bits per heavy atom. The summed E-state index contributed by atoms with van der Waals surface area (Å²) in [6.45, 7) is 2.03. The van der Waals surface area contributed by atoms with Gasteiger partial charge in [-0.25, -0.2) is 9.97 Å². The lowest BCUT2D eigenvalue weighted by Crippen LogP contribution is -1.95. The molecule has 98 valence electrons. The first-order valence-electron chi connectivity index (χ1n) is 6.34. The molecule has 0 saturated carbocycles. The van der Waals surface area contributed by atoms with E-state index in [1.807, 2.05) is 43.3 Å². The second kappa shape index (κ2) is 5.09. The van der Waals surface area contributed by atoms with Gasteiger partial charge in [0, 0.05) is 35.4 Å². The Balaban J connectivity index is 2.10. The Bertz CT molecular complexity index is 738. The summed E-state index contributed by atoms with van der Waals surface area (Å²) in [6, 6.07) is 11.5. The second-order valence-electron chi connectivity index (χ2n) is 4.58. The molecule has 2 N–H and O–H groups in total. The molecule has 0 aliphatic carbocycles. The van der Waals surface area contributed by atoms with Crippen LogP contribution in [0.1, 0.15) is 5.56 Å². The summed E-state index contributed by atoms with van der Waals surface area (Å²) < 4.78 is 0. The Morgan fingerprint density at radius 3 is 2.55 bits per heavy atom. The zero-order valence-corrected chi connectivity index (χ0v) is 11.1. The van der Waals surface area contributed by atoms with Crippen LogP contribution in [0, 0.1) is 6.92 Å². The largest absolute Gasteiger partial charge is 0.399 e. The zero-order valence-electron chi connectivity index (χ0n) is 11.1. The topological polar surface area (TPSA) is 64.7 Å². The van der Waals surface area contributed by atoms with Gasteiger partial charge in [0.25, 0.3) is 0 Å². The van der Waals surface area contributed by atoms with Crippen molar-refractivity contribution in [3.8, 4) is 22.6 Å². The molecule has 0 amide bonds. The zero-order chi connectivity index (χ0) is 13.9. The molecule has 0 aliphatic heterocycles. The molecular weight excluding hydrogens is 248 g/mol. The summed E-state index contributed by atoms with van der Waals surface area (Å²) in [4.78, 5) is 13.0. The lowest BCUT2D eigenvalue weighted by atomic mass is 10.1. The van der Waals surface area contributed by atoms with E-state index in [0.29, 0.717) is 11.5 Å². The third-order valence-corrected chi connectivity index (χ3v) is 3.13. The molecule has 0 spiro atoms. The molecule has 0 saturated heterocycles. The smallest absolute Gasteiger partial charge is 0.160 e. The minimum Gasteiger partial charge on any atom is -0.399 e. The van der Waals surface area contributed by atoms with Crippen molar-refractivity contribution >= 4 is 5.69 Å². The highest BCUT2D eigenvalue weighted by Crippen LogP contribution is 2.24. The van der Waals surface area contributed by atoms with Crippen molar-refractivity contribution in [3.63, 3.8) is 0 Å². The van der Waals surface area contributed by atoms with Crippen molar-refractivity contribution in [2.45, 2.75) is 6.92 Å². The summed E-state index contributed by atoms with van der Waals surface area (Å²) >= 11 is 0. The van der Waals surface area contributed by atoms with Crippen molar-refractivity contribution in [2.75, 3.05) is 5.73 Å². The van der Waals surface area contributed by atoms with E-state index in [2.05, 4.69) is 15.0 Å². The molecule has 4 nitrogen and oxygen atoms in total. The first kappa shape index (κ1) is 12.3. The number of aromatic nitrogens is 3. The number of rotatable bonds is 2. The van der Waals surface area contributed by atoms with Gasteiger partial charge in [-0.05, 0) is 42.8 Å². The van der Waals surface area contributed by atoms with Crippen LogP contribution in [-0.2, 0) is 0 Å². The number of hydrogen-bond donors (Lipinski definition) is 1. The van der Waals surface area contributed by atoms with Gasteiger partial charge in [-0.1, -0.05) is 6.07 Å². The molecule has 2 aromatic heterocycles. The van der Waals surface area contributed by atoms with Crippen LogP contribution in [-0.4, -0.2) is 15.0 Å². The Labute approximate surface area is 117 Å². The molecule has 3 aromatic rings. The lowest BCUT2D eigenvalue weighted by Gasteiger charge is -2.07. The molecule has 0 bridgehead atoms. The molecule has 4 heteroatoms. The summed E-state index contributed by atoms with van der Waals surface area (Å²) in [5.74, 6) is 0.684. The van der Waals surface area contributed by atoms with Gasteiger partial charge in [-0.3, -0.25) is 4.98 Å². The van der Waals surface area contributed by atoms with Gasteiger partial charge in [0.05, 0.1) is 5.69 Å². The number of hydrogen-bond acceptors (Lipinski definition) is 4. The minimum absolute atomic E-state index is 0.684. The van der Waals surface area contributed by atoms with Crippen LogP contribution in [0.15, 0.2) is 55.0 Å². The molecule has 1 aromatic carbocycles. The SMILES string of the molecule is Cc1ccc(N)cc1-c1nccc(-c2ccncc2)n1. The highest BCUT2D eigenvalue weighted by atomic mass is 14.9. The summed E-state index contributed by atoms with van der Waals surface area (Å²) in [5, 5.41) is 0. The van der Waals surface area contributed by atoms with Gasteiger partial charge in [-0.2, -0.15) is 0 Å². The van der Waals surface area contributed by atoms with Crippen LogP contribution in [0.4, 0.5) is 5.69 Å². The van der Waals surface area contributed by atoms with Gasteiger partial charge >= 0.3 is 0 Å². The summed E-state index contributed by atoms with van der Waals surface area (Å²) in [7, 11) is 0. The van der Waals surface area contributed by atoms with E-state index >= 15 is 0 Å².